The Morgan fingerprint density at radius 2 is 1.53 bits per heavy atom. The van der Waals surface area contributed by atoms with E-state index in [1.807, 2.05) is 6.92 Å². The first kappa shape index (κ1) is 42.5. The van der Waals surface area contributed by atoms with Crippen molar-refractivity contribution in [1.29, 1.82) is 0 Å². The predicted octanol–water partition coefficient (Wildman–Crippen LogP) is 4.80. The number of esters is 1. The summed E-state index contributed by atoms with van der Waals surface area (Å²) in [6, 6.07) is 0. The van der Waals surface area contributed by atoms with E-state index in [-0.39, 0.29) is 64.2 Å². The van der Waals surface area contributed by atoms with E-state index in [9.17, 15) is 24.5 Å². The molecule has 0 aliphatic carbocycles. The molecule has 0 spiro atoms. The van der Waals surface area contributed by atoms with Crippen LogP contribution in [0.15, 0.2) is 11.5 Å². The molecule has 0 amide bonds. The molecule has 0 fully saturated rings. The van der Waals surface area contributed by atoms with Gasteiger partial charge in [0.25, 0.3) is 5.76 Å². The predicted molar refractivity (Wildman–Crippen MR) is 178 cm³/mol. The second-order valence-corrected chi connectivity index (χ2v) is 15.7. The molecular weight excluding hydrogens is 650 g/mol. The number of phosphoric acid groups is 1. The van der Waals surface area contributed by atoms with Gasteiger partial charge in [-0.15, -0.1) is 0 Å². The molecule has 1 aromatic rings. The molecule has 0 aromatic heterocycles. The van der Waals surface area contributed by atoms with Crippen LogP contribution < -0.4 is 60.6 Å². The fourth-order valence-corrected chi connectivity index (χ4v) is 7.49. The maximum absolute atomic E-state index is 13.0. The van der Waals surface area contributed by atoms with E-state index in [1.165, 1.54) is 44.9 Å². The fourth-order valence-electron chi connectivity index (χ4n) is 6.55. The summed E-state index contributed by atoms with van der Waals surface area (Å²) in [5, 5.41) is 29.1. The first-order valence-electron chi connectivity index (χ1n) is 16.9. The molecule has 4 N–H and O–H groups in total. The number of aliphatic hydroxyl groups excluding tert-OH is 3. The quantitative estimate of drug-likeness (QED) is 0.0952. The first-order chi connectivity index (χ1) is 21.5. The normalized spacial score (nSPS) is 22.5. The first-order valence-corrected chi connectivity index (χ1v) is 18.4. The number of hydrogen-bond donors (Lipinski definition) is 4. The van der Waals surface area contributed by atoms with E-state index >= 15 is 0 Å². The van der Waals surface area contributed by atoms with Crippen LogP contribution in [0.1, 0.15) is 123 Å². The largest absolute Gasteiger partial charge is 1.00 e. The Bertz CT molecular complexity index is 1300. The van der Waals surface area contributed by atoms with Crippen molar-refractivity contribution < 1.29 is 101 Å². The zero-order chi connectivity index (χ0) is 34.4. The Kier molecular flexibility index (Phi) is 16.8. The zero-order valence-corrected chi connectivity index (χ0v) is 34.1. The standard InChI is InChI=1S/C35H57O10P.K.H/c1-21(2)12-9-13-22(3)14-10-15-23(4)16-11-18-35(8)19-17-27-26(7)30(24(5)25(6)31(27)43-35)44-46(40,41)45-33-29(38)32(28(37)20-36)42-34(33)39;;/h21-23,28,32,36-38H,9-20H2,1-8H3,(H,40,41);;/q;+1;-1/t22-,23-,28+,32-,35-;;/m1../s1. The van der Waals surface area contributed by atoms with Crippen LogP contribution in [0.4, 0.5) is 0 Å². The van der Waals surface area contributed by atoms with Crippen molar-refractivity contribution in [3.63, 3.8) is 0 Å². The summed E-state index contributed by atoms with van der Waals surface area (Å²) in [7, 11) is -4.99. The number of ether oxygens (including phenoxy) is 2. The van der Waals surface area contributed by atoms with Crippen LogP contribution in [0.2, 0.25) is 0 Å². The van der Waals surface area contributed by atoms with E-state index in [2.05, 4.69) is 34.6 Å². The van der Waals surface area contributed by atoms with E-state index in [0.29, 0.717) is 23.5 Å². The Hall–Kier alpha value is -0.624. The number of fused-ring (bicyclic) bond motifs is 1. The van der Waals surface area contributed by atoms with E-state index in [4.69, 9.17) is 23.6 Å². The maximum atomic E-state index is 13.0. The molecule has 2 aliphatic rings. The summed E-state index contributed by atoms with van der Waals surface area (Å²) in [4.78, 5) is 22.7. The SMILES string of the molecule is Cc1c(C)c2c(c(C)c1OP(=O)(O)OC1=C(O)[C@@H]([C@@H](O)CO)OC1=O)CC[C@@](C)(CCC[C@H](C)CCC[C@H](C)CCCC(C)C)O2.[H-].[K+]. The van der Waals surface area contributed by atoms with Gasteiger partial charge in [0.05, 0.1) is 6.61 Å². The van der Waals surface area contributed by atoms with Crippen LogP contribution in [0, 0.1) is 38.5 Å². The minimum absolute atomic E-state index is 0. The number of carbonyl (C=O) groups is 1. The summed E-state index contributed by atoms with van der Waals surface area (Å²) in [6.07, 6.45) is 9.29. The molecule has 1 aromatic carbocycles. The van der Waals surface area contributed by atoms with Crippen molar-refractivity contribution in [1.82, 2.24) is 0 Å². The molecule has 0 bridgehead atoms. The van der Waals surface area contributed by atoms with Gasteiger partial charge in [-0.2, -0.15) is 0 Å². The average Bonchev–Trinajstić information content (AvgIpc) is 3.25. The minimum atomic E-state index is -4.99. The second-order valence-electron chi connectivity index (χ2n) is 14.4. The molecule has 47 heavy (non-hydrogen) atoms. The van der Waals surface area contributed by atoms with Crippen molar-refractivity contribution in [3.05, 3.63) is 33.8 Å². The molecule has 264 valence electrons. The molecule has 10 nitrogen and oxygen atoms in total. The molecule has 0 radical (unpaired) electrons. The van der Waals surface area contributed by atoms with Gasteiger partial charge in [-0.05, 0) is 87.8 Å². The third kappa shape index (κ3) is 11.7. The summed E-state index contributed by atoms with van der Waals surface area (Å²) >= 11 is 0. The Morgan fingerprint density at radius 3 is 2.11 bits per heavy atom. The topological polar surface area (TPSA) is 152 Å². The van der Waals surface area contributed by atoms with E-state index < -0.39 is 44.1 Å². The van der Waals surface area contributed by atoms with Crippen LogP contribution in [-0.2, 0) is 25.0 Å². The number of phosphoric ester groups is 1. The number of cyclic esters (lactones) is 1. The van der Waals surface area contributed by atoms with Gasteiger partial charge < -0.3 is 35.3 Å². The van der Waals surface area contributed by atoms with Crippen LogP contribution in [0.5, 0.6) is 11.5 Å². The Labute approximate surface area is 325 Å². The molecule has 12 heteroatoms. The molecular formula is C35H58KO10P. The number of carbonyl (C=O) groups excluding carboxylic acids is 1. The van der Waals surface area contributed by atoms with E-state index in [0.717, 1.165) is 48.0 Å². The third-order valence-electron chi connectivity index (χ3n) is 9.71. The van der Waals surface area contributed by atoms with Gasteiger partial charge in [0, 0.05) is 5.56 Å². The Balaban J connectivity index is 0.00000576. The number of rotatable bonds is 18. The average molecular weight is 709 g/mol. The van der Waals surface area contributed by atoms with Gasteiger partial charge in [-0.25, -0.2) is 9.36 Å². The van der Waals surface area contributed by atoms with Gasteiger partial charge in [-0.1, -0.05) is 72.6 Å². The van der Waals surface area contributed by atoms with Crippen LogP contribution >= 0.6 is 7.82 Å². The monoisotopic (exact) mass is 708 g/mol. The molecule has 0 saturated heterocycles. The molecule has 2 aliphatic heterocycles. The van der Waals surface area contributed by atoms with Crippen molar-refractivity contribution in [3.8, 4) is 11.5 Å². The van der Waals surface area contributed by atoms with Crippen molar-refractivity contribution in [2.75, 3.05) is 6.61 Å². The molecule has 2 heterocycles. The summed E-state index contributed by atoms with van der Waals surface area (Å²) in [5.41, 5.74) is 2.57. The van der Waals surface area contributed by atoms with Gasteiger partial charge in [-0.3, -0.25) is 4.89 Å². The molecule has 0 saturated carbocycles. The van der Waals surface area contributed by atoms with Crippen LogP contribution in [0.25, 0.3) is 0 Å². The number of benzene rings is 1. The van der Waals surface area contributed by atoms with Crippen LogP contribution in [0.3, 0.4) is 0 Å². The smallest absolute Gasteiger partial charge is 1.00 e. The van der Waals surface area contributed by atoms with E-state index in [1.54, 1.807) is 13.8 Å². The van der Waals surface area contributed by atoms with Crippen molar-refractivity contribution in [2.45, 2.75) is 144 Å². The summed E-state index contributed by atoms with van der Waals surface area (Å²) < 4.78 is 34.9. The van der Waals surface area contributed by atoms with Crippen LogP contribution in [-0.4, -0.2) is 50.6 Å². The van der Waals surface area contributed by atoms with Gasteiger partial charge >= 0.3 is 65.2 Å². The summed E-state index contributed by atoms with van der Waals surface area (Å²) in [5.74, 6) is 0.0670. The maximum Gasteiger partial charge on any atom is 1.00 e. The van der Waals surface area contributed by atoms with Crippen molar-refractivity contribution >= 4 is 13.8 Å². The molecule has 3 rings (SSSR count). The number of hydrogen-bond acceptors (Lipinski definition) is 9. The third-order valence-corrected chi connectivity index (χ3v) is 10.5. The van der Waals surface area contributed by atoms with Crippen molar-refractivity contribution in [2.24, 2.45) is 17.8 Å². The Morgan fingerprint density at radius 1 is 0.957 bits per heavy atom. The molecule has 1 unspecified atom stereocenters. The zero-order valence-electron chi connectivity index (χ0n) is 31.1. The minimum Gasteiger partial charge on any atom is -1.00 e. The second kappa shape index (κ2) is 18.6. The van der Waals surface area contributed by atoms with Gasteiger partial charge in [0.2, 0.25) is 0 Å². The van der Waals surface area contributed by atoms with Gasteiger partial charge in [0.15, 0.2) is 11.9 Å². The van der Waals surface area contributed by atoms with Gasteiger partial charge in [0.1, 0.15) is 23.2 Å². The molecule has 6 atom stereocenters. The number of aliphatic hydroxyl groups is 3. The fraction of sp³-hybridized carbons (Fsp3) is 0.743. The summed E-state index contributed by atoms with van der Waals surface area (Å²) in [6.45, 7) is 16.1.